The number of amidine groups is 1. The zero-order valence-corrected chi connectivity index (χ0v) is 26.0. The minimum absolute atomic E-state index is 0.00586. The van der Waals surface area contributed by atoms with E-state index in [0.717, 1.165) is 5.56 Å². The minimum Gasteiger partial charge on any atom is -0.481 e. The second kappa shape index (κ2) is 13.5. The normalized spacial score (nSPS) is 14.9. The highest BCUT2D eigenvalue weighted by Gasteiger charge is 2.44. The Bertz CT molecular complexity index is 1860. The number of aromatic nitrogens is 1. The van der Waals surface area contributed by atoms with Gasteiger partial charge in [-0.25, -0.2) is 14.6 Å². The summed E-state index contributed by atoms with van der Waals surface area (Å²) in [6.45, 7) is 3.73. The maximum absolute atomic E-state index is 13.7. The molecule has 1 aromatic heterocycles. The molecule has 3 aromatic carbocycles. The van der Waals surface area contributed by atoms with Crippen molar-refractivity contribution in [1.82, 2.24) is 10.3 Å². The Morgan fingerprint density at radius 3 is 2.28 bits per heavy atom. The van der Waals surface area contributed by atoms with Gasteiger partial charge in [0.25, 0.3) is 11.8 Å². The molecule has 2 heterocycles. The summed E-state index contributed by atoms with van der Waals surface area (Å²) < 4.78 is 16.1. The van der Waals surface area contributed by atoms with Crippen LogP contribution in [-0.2, 0) is 20.9 Å². The van der Waals surface area contributed by atoms with E-state index in [2.05, 4.69) is 15.6 Å². The number of hydrogen-bond acceptors (Lipinski definition) is 9. The third kappa shape index (κ3) is 7.28. The van der Waals surface area contributed by atoms with Gasteiger partial charge in [0.1, 0.15) is 24.2 Å². The number of anilines is 1. The van der Waals surface area contributed by atoms with E-state index < -0.39 is 35.2 Å². The number of nitrogen functional groups attached to an aromatic ring is 1. The first kappa shape index (κ1) is 32.4. The molecule has 1 saturated heterocycles. The first-order chi connectivity index (χ1) is 22.5. The topological polar surface area (TPSA) is 183 Å². The van der Waals surface area contributed by atoms with Crippen molar-refractivity contribution in [3.63, 3.8) is 0 Å². The van der Waals surface area contributed by atoms with Crippen molar-refractivity contribution >= 4 is 35.3 Å². The van der Waals surface area contributed by atoms with Crippen LogP contribution in [0.4, 0.5) is 5.69 Å². The summed E-state index contributed by atoms with van der Waals surface area (Å²) in [7, 11) is 1.41. The van der Waals surface area contributed by atoms with Gasteiger partial charge < -0.3 is 30.6 Å². The highest BCUT2D eigenvalue weighted by molar-refractivity contribution is 6.10. The molecule has 4 aromatic rings. The van der Waals surface area contributed by atoms with Gasteiger partial charge >= 0.3 is 11.9 Å². The van der Waals surface area contributed by atoms with Crippen LogP contribution < -0.4 is 21.1 Å². The van der Waals surface area contributed by atoms with E-state index in [0.29, 0.717) is 11.3 Å². The van der Waals surface area contributed by atoms with Crippen molar-refractivity contribution < 1.29 is 33.4 Å². The zero-order chi connectivity index (χ0) is 33.7. The fourth-order valence-electron chi connectivity index (χ4n) is 4.97. The average Bonchev–Trinajstić information content (AvgIpc) is 3.34. The van der Waals surface area contributed by atoms with Crippen molar-refractivity contribution in [3.05, 3.63) is 113 Å². The van der Waals surface area contributed by atoms with Gasteiger partial charge in [0.05, 0.1) is 19.3 Å². The van der Waals surface area contributed by atoms with Crippen molar-refractivity contribution in [2.75, 3.05) is 19.0 Å². The third-order valence-corrected chi connectivity index (χ3v) is 7.63. The molecule has 240 valence electrons. The molecule has 5 N–H and O–H groups in total. The number of benzene rings is 3. The lowest BCUT2D eigenvalue weighted by atomic mass is 9.87. The summed E-state index contributed by atoms with van der Waals surface area (Å²) in [5.41, 5.74) is 7.12. The highest BCUT2D eigenvalue weighted by Crippen LogP contribution is 2.32. The summed E-state index contributed by atoms with van der Waals surface area (Å²) in [6.07, 6.45) is 0. The predicted octanol–water partition coefficient (Wildman–Crippen LogP) is 4.33. The lowest BCUT2D eigenvalue weighted by Gasteiger charge is -2.23. The van der Waals surface area contributed by atoms with E-state index in [-0.39, 0.29) is 52.9 Å². The van der Waals surface area contributed by atoms with Gasteiger partial charge in [0, 0.05) is 33.9 Å². The summed E-state index contributed by atoms with van der Waals surface area (Å²) in [5.74, 6) is -2.46. The SMILES string of the molecule is COc1ccc(-c2ccc(C(=O)N[C@@H]3C(=O)OCC3(C)C)cc2C(=O)OCc2ccccc2)c(C(=O)Nc2ccc(C(=N)N)cc2)n1. The van der Waals surface area contributed by atoms with Gasteiger partial charge in [-0.2, -0.15) is 0 Å². The number of carbonyl (C=O) groups excluding carboxylic acids is 4. The number of carbonyl (C=O) groups is 4. The number of nitrogens with zero attached hydrogens (tertiary/aromatic N) is 1. The first-order valence-electron chi connectivity index (χ1n) is 14.6. The number of nitrogens with one attached hydrogen (secondary N) is 3. The fourth-order valence-corrected chi connectivity index (χ4v) is 4.97. The molecule has 0 aliphatic carbocycles. The molecule has 47 heavy (non-hydrogen) atoms. The number of cyclic esters (lactones) is 1. The van der Waals surface area contributed by atoms with Crippen molar-refractivity contribution in [2.24, 2.45) is 11.1 Å². The molecule has 1 aliphatic rings. The number of rotatable bonds is 10. The Morgan fingerprint density at radius 1 is 0.957 bits per heavy atom. The predicted molar refractivity (Wildman–Crippen MR) is 173 cm³/mol. The minimum atomic E-state index is -0.881. The largest absolute Gasteiger partial charge is 0.481 e. The number of ether oxygens (including phenoxy) is 3. The second-order valence-corrected chi connectivity index (χ2v) is 11.5. The lowest BCUT2D eigenvalue weighted by molar-refractivity contribution is -0.139. The van der Waals surface area contributed by atoms with Crippen LogP contribution in [0.25, 0.3) is 11.1 Å². The van der Waals surface area contributed by atoms with E-state index in [1.165, 1.54) is 25.3 Å². The molecular formula is C35H33N5O7. The van der Waals surface area contributed by atoms with E-state index in [9.17, 15) is 19.2 Å². The number of esters is 2. The van der Waals surface area contributed by atoms with Gasteiger partial charge in [0.2, 0.25) is 5.88 Å². The molecular weight excluding hydrogens is 602 g/mol. The Labute approximate surface area is 270 Å². The van der Waals surface area contributed by atoms with Crippen LogP contribution in [0.3, 0.4) is 0 Å². The Hall–Kier alpha value is -6.04. The van der Waals surface area contributed by atoms with Gasteiger partial charge in [-0.3, -0.25) is 15.0 Å². The van der Waals surface area contributed by atoms with Crippen LogP contribution in [0, 0.1) is 10.8 Å². The second-order valence-electron chi connectivity index (χ2n) is 11.5. The molecule has 0 unspecified atom stereocenters. The molecule has 1 aliphatic heterocycles. The zero-order valence-electron chi connectivity index (χ0n) is 26.0. The molecule has 0 bridgehead atoms. The Kier molecular flexibility index (Phi) is 9.31. The number of methoxy groups -OCH3 is 1. The van der Waals surface area contributed by atoms with Crippen LogP contribution >= 0.6 is 0 Å². The Balaban J connectivity index is 1.53. The van der Waals surface area contributed by atoms with Gasteiger partial charge in [-0.1, -0.05) is 50.2 Å². The van der Waals surface area contributed by atoms with Gasteiger partial charge in [-0.05, 0) is 53.6 Å². The van der Waals surface area contributed by atoms with E-state index >= 15 is 0 Å². The molecule has 12 heteroatoms. The maximum Gasteiger partial charge on any atom is 0.339 e. The van der Waals surface area contributed by atoms with Crippen molar-refractivity contribution in [1.29, 1.82) is 5.41 Å². The van der Waals surface area contributed by atoms with Crippen LogP contribution in [0.2, 0.25) is 0 Å². The highest BCUT2D eigenvalue weighted by atomic mass is 16.5. The number of nitrogens with two attached hydrogens (primary N) is 1. The molecule has 1 atom stereocenters. The molecule has 0 saturated carbocycles. The van der Waals surface area contributed by atoms with Gasteiger partial charge in [-0.15, -0.1) is 0 Å². The quantitative estimate of drug-likeness (QED) is 0.112. The molecule has 5 rings (SSSR count). The van der Waals surface area contributed by atoms with Crippen LogP contribution in [0.5, 0.6) is 5.88 Å². The third-order valence-electron chi connectivity index (χ3n) is 7.63. The standard InChI is InChI=1S/C35H33N5O7/c1-35(2)19-47-34(44)29(35)40-31(41)22-11-14-24(26(17-22)33(43)46-18-20-7-5-4-6-8-20)25-15-16-27(45-3)39-28(25)32(42)38-23-12-9-21(10-13-23)30(36)37/h4-17,29H,18-19H2,1-3H3,(H3,36,37)(H,38,42)(H,40,41)/t29-/m1/s1. The summed E-state index contributed by atoms with van der Waals surface area (Å²) in [6, 6.07) is 22.1. The fraction of sp³-hybridized carbons (Fsp3) is 0.200. The molecule has 1 fully saturated rings. The number of amides is 2. The van der Waals surface area contributed by atoms with Crippen molar-refractivity contribution in [3.8, 4) is 17.0 Å². The lowest BCUT2D eigenvalue weighted by Crippen LogP contribution is -2.46. The van der Waals surface area contributed by atoms with Gasteiger partial charge in [0.15, 0.2) is 0 Å². The van der Waals surface area contributed by atoms with E-state index in [1.54, 1.807) is 62.4 Å². The first-order valence-corrected chi connectivity index (χ1v) is 14.6. The van der Waals surface area contributed by atoms with Crippen molar-refractivity contribution in [2.45, 2.75) is 26.5 Å². The molecule has 0 radical (unpaired) electrons. The summed E-state index contributed by atoms with van der Waals surface area (Å²) >= 11 is 0. The molecule has 0 spiro atoms. The smallest absolute Gasteiger partial charge is 0.339 e. The average molecular weight is 636 g/mol. The Morgan fingerprint density at radius 2 is 1.64 bits per heavy atom. The summed E-state index contributed by atoms with van der Waals surface area (Å²) in [5, 5.41) is 13.1. The van der Waals surface area contributed by atoms with Crippen LogP contribution in [0.15, 0.2) is 84.9 Å². The van der Waals surface area contributed by atoms with E-state index in [4.69, 9.17) is 25.4 Å². The van der Waals surface area contributed by atoms with E-state index in [1.807, 2.05) is 18.2 Å². The van der Waals surface area contributed by atoms with Crippen LogP contribution in [-0.4, -0.2) is 54.3 Å². The molecule has 12 nitrogen and oxygen atoms in total. The number of hydrogen-bond donors (Lipinski definition) is 4. The summed E-state index contributed by atoms with van der Waals surface area (Å²) in [4.78, 5) is 57.4. The monoisotopic (exact) mass is 635 g/mol. The molecule has 2 amide bonds. The maximum atomic E-state index is 13.7. The van der Waals surface area contributed by atoms with Crippen LogP contribution in [0.1, 0.15) is 56.2 Å². The number of pyridine rings is 1.